The van der Waals surface area contributed by atoms with Crippen molar-refractivity contribution in [2.45, 2.75) is 26.5 Å². The molecule has 1 atom stereocenters. The monoisotopic (exact) mass is 166 g/mol. The Morgan fingerprint density at radius 3 is 3.08 bits per heavy atom. The molecular weight excluding hydrogens is 152 g/mol. The first-order valence-electron chi connectivity index (χ1n) is 4.40. The van der Waals surface area contributed by atoms with E-state index in [-0.39, 0.29) is 0 Å². The zero-order valence-corrected chi connectivity index (χ0v) is 7.53. The van der Waals surface area contributed by atoms with Gasteiger partial charge in [0.15, 0.2) is 0 Å². The summed E-state index contributed by atoms with van der Waals surface area (Å²) in [6.45, 7) is 6.22. The molecule has 2 heterocycles. The number of hydrogen-bond donors (Lipinski definition) is 0. The van der Waals surface area contributed by atoms with E-state index in [1.54, 1.807) is 0 Å². The molecule has 0 radical (unpaired) electrons. The second kappa shape index (κ2) is 2.90. The summed E-state index contributed by atoms with van der Waals surface area (Å²) >= 11 is 0. The molecule has 0 spiro atoms. The van der Waals surface area contributed by atoms with Crippen LogP contribution in [0.5, 0.6) is 0 Å². The zero-order valence-electron chi connectivity index (χ0n) is 7.53. The topological polar surface area (TPSA) is 30.4 Å². The van der Waals surface area contributed by atoms with Crippen LogP contribution in [0.1, 0.15) is 25.6 Å². The Morgan fingerprint density at radius 1 is 1.75 bits per heavy atom. The number of nitrogens with zero attached hydrogens (tertiary/aromatic N) is 2. The fourth-order valence-corrected chi connectivity index (χ4v) is 1.24. The van der Waals surface area contributed by atoms with Crippen molar-refractivity contribution in [1.29, 1.82) is 0 Å². The van der Waals surface area contributed by atoms with Crippen LogP contribution in [-0.4, -0.2) is 16.4 Å². The van der Waals surface area contributed by atoms with Crippen LogP contribution in [0.4, 0.5) is 0 Å². The van der Waals surface area contributed by atoms with Crippen molar-refractivity contribution < 1.29 is 4.74 Å². The average Bonchev–Trinajstić information content (AvgIpc) is 2.73. The van der Waals surface area contributed by atoms with Crippen molar-refractivity contribution in [3.05, 3.63) is 18.0 Å². The second-order valence-corrected chi connectivity index (χ2v) is 3.68. The molecule has 1 aliphatic heterocycles. The van der Waals surface area contributed by atoms with Crippen LogP contribution >= 0.6 is 0 Å². The Kier molecular flexibility index (Phi) is 1.89. The maximum absolute atomic E-state index is 5.14. The summed E-state index contributed by atoms with van der Waals surface area (Å²) in [5.74, 6) is 0.651. The Morgan fingerprint density at radius 2 is 2.50 bits per heavy atom. The van der Waals surface area contributed by atoms with E-state index in [1.165, 1.54) is 0 Å². The molecule has 0 saturated carbocycles. The third-order valence-electron chi connectivity index (χ3n) is 1.88. The van der Waals surface area contributed by atoms with Gasteiger partial charge in [-0.1, -0.05) is 13.8 Å². The molecule has 0 amide bonds. The lowest BCUT2D eigenvalue weighted by Crippen LogP contribution is -2.05. The maximum atomic E-state index is 5.14. The summed E-state index contributed by atoms with van der Waals surface area (Å²) in [5.41, 5.74) is 1.08. The van der Waals surface area contributed by atoms with Crippen LogP contribution in [0.2, 0.25) is 0 Å². The Hall–Kier alpha value is -0.830. The molecule has 1 aromatic heterocycles. The maximum Gasteiger partial charge on any atom is 0.125 e. The first kappa shape index (κ1) is 7.80. The van der Waals surface area contributed by atoms with Gasteiger partial charge in [-0.2, -0.15) is 5.10 Å². The molecule has 66 valence electrons. The van der Waals surface area contributed by atoms with E-state index in [0.29, 0.717) is 12.0 Å². The Balaban J connectivity index is 2.03. The number of ether oxygens (including phenoxy) is 1. The molecule has 0 N–H and O–H groups in total. The summed E-state index contributed by atoms with van der Waals surface area (Å²) in [6.07, 6.45) is 2.32. The van der Waals surface area contributed by atoms with Crippen LogP contribution in [0.3, 0.4) is 0 Å². The van der Waals surface area contributed by atoms with Gasteiger partial charge >= 0.3 is 0 Å². The minimum atomic E-state index is 0.290. The van der Waals surface area contributed by atoms with Crippen molar-refractivity contribution in [2.75, 3.05) is 6.61 Å². The fraction of sp³-hybridized carbons (Fsp3) is 0.667. The van der Waals surface area contributed by atoms with E-state index in [4.69, 9.17) is 4.74 Å². The smallest absolute Gasteiger partial charge is 0.125 e. The summed E-state index contributed by atoms with van der Waals surface area (Å²) in [7, 11) is 0. The van der Waals surface area contributed by atoms with Gasteiger partial charge in [-0.05, 0) is 12.0 Å². The minimum absolute atomic E-state index is 0.290. The summed E-state index contributed by atoms with van der Waals surface area (Å²) in [6, 6.07) is 2.04. The first-order chi connectivity index (χ1) is 5.75. The van der Waals surface area contributed by atoms with Gasteiger partial charge in [0.1, 0.15) is 6.10 Å². The molecule has 1 saturated heterocycles. The summed E-state index contributed by atoms with van der Waals surface area (Å²) in [5, 5.41) is 4.40. The Labute approximate surface area is 72.3 Å². The highest BCUT2D eigenvalue weighted by Crippen LogP contribution is 2.27. The van der Waals surface area contributed by atoms with Crippen LogP contribution < -0.4 is 0 Å². The fourth-order valence-electron chi connectivity index (χ4n) is 1.24. The molecule has 3 nitrogen and oxygen atoms in total. The molecule has 2 rings (SSSR count). The van der Waals surface area contributed by atoms with Gasteiger partial charge in [-0.15, -0.1) is 0 Å². The van der Waals surface area contributed by atoms with Crippen molar-refractivity contribution in [3.63, 3.8) is 0 Å². The number of hydrogen-bond acceptors (Lipinski definition) is 2. The van der Waals surface area contributed by atoms with E-state index in [0.717, 1.165) is 18.8 Å². The molecule has 3 heteroatoms. The summed E-state index contributed by atoms with van der Waals surface area (Å²) in [4.78, 5) is 0. The normalized spacial score (nSPS) is 21.8. The average molecular weight is 166 g/mol. The van der Waals surface area contributed by atoms with E-state index >= 15 is 0 Å². The number of rotatable bonds is 3. The van der Waals surface area contributed by atoms with Crippen LogP contribution in [0.25, 0.3) is 0 Å². The van der Waals surface area contributed by atoms with Gasteiger partial charge < -0.3 is 4.74 Å². The highest BCUT2D eigenvalue weighted by molar-refractivity contribution is 5.07. The van der Waals surface area contributed by atoms with Crippen molar-refractivity contribution in [1.82, 2.24) is 9.78 Å². The van der Waals surface area contributed by atoms with E-state index in [2.05, 4.69) is 18.9 Å². The van der Waals surface area contributed by atoms with Gasteiger partial charge in [0.05, 0.1) is 12.3 Å². The molecular formula is C9H14N2O. The predicted octanol–water partition coefficient (Wildman–Crippen LogP) is 1.61. The highest BCUT2D eigenvalue weighted by Gasteiger charge is 2.27. The molecule has 0 bridgehead atoms. The van der Waals surface area contributed by atoms with E-state index < -0.39 is 0 Å². The molecule has 0 aliphatic carbocycles. The molecule has 1 aromatic rings. The SMILES string of the molecule is CC(C)Cn1ccc(C2CO2)n1. The predicted molar refractivity (Wildman–Crippen MR) is 45.8 cm³/mol. The standard InChI is InChI=1S/C9H14N2O/c1-7(2)5-11-4-3-8(10-11)9-6-12-9/h3-4,7,9H,5-6H2,1-2H3. The molecule has 0 aromatic carbocycles. The van der Waals surface area contributed by atoms with Gasteiger partial charge in [0.2, 0.25) is 0 Å². The van der Waals surface area contributed by atoms with Gasteiger partial charge in [0.25, 0.3) is 0 Å². The third kappa shape index (κ3) is 1.67. The van der Waals surface area contributed by atoms with Crippen LogP contribution in [-0.2, 0) is 11.3 Å². The van der Waals surface area contributed by atoms with Gasteiger partial charge in [-0.3, -0.25) is 4.68 Å². The lowest BCUT2D eigenvalue weighted by molar-refractivity contribution is 0.405. The molecule has 1 unspecified atom stereocenters. The van der Waals surface area contributed by atoms with Crippen molar-refractivity contribution >= 4 is 0 Å². The van der Waals surface area contributed by atoms with Gasteiger partial charge in [-0.25, -0.2) is 0 Å². The number of aromatic nitrogens is 2. The largest absolute Gasteiger partial charge is 0.366 e. The molecule has 1 aliphatic rings. The van der Waals surface area contributed by atoms with Crippen molar-refractivity contribution in [2.24, 2.45) is 5.92 Å². The first-order valence-corrected chi connectivity index (χ1v) is 4.40. The molecule has 1 fully saturated rings. The van der Waals surface area contributed by atoms with Crippen molar-refractivity contribution in [3.8, 4) is 0 Å². The lowest BCUT2D eigenvalue weighted by atomic mass is 10.2. The van der Waals surface area contributed by atoms with E-state index in [1.807, 2.05) is 16.9 Å². The van der Waals surface area contributed by atoms with Gasteiger partial charge in [0, 0.05) is 12.7 Å². The van der Waals surface area contributed by atoms with Crippen LogP contribution in [0, 0.1) is 5.92 Å². The summed E-state index contributed by atoms with van der Waals surface area (Å²) < 4.78 is 7.12. The Bertz CT molecular complexity index is 263. The quantitative estimate of drug-likeness (QED) is 0.638. The minimum Gasteiger partial charge on any atom is -0.366 e. The molecule has 12 heavy (non-hydrogen) atoms. The second-order valence-electron chi connectivity index (χ2n) is 3.68. The third-order valence-corrected chi connectivity index (χ3v) is 1.88. The zero-order chi connectivity index (χ0) is 8.55. The number of epoxide rings is 1. The van der Waals surface area contributed by atoms with Crippen LogP contribution in [0.15, 0.2) is 12.3 Å². The van der Waals surface area contributed by atoms with E-state index in [9.17, 15) is 0 Å². The lowest BCUT2D eigenvalue weighted by Gasteiger charge is -2.03. The highest BCUT2D eigenvalue weighted by atomic mass is 16.6.